The fraction of sp³-hybridized carbons (Fsp3) is 0.300. The molecule has 2 rings (SSSR count). The second-order valence-electron chi connectivity index (χ2n) is 5.95. The van der Waals surface area contributed by atoms with Crippen molar-refractivity contribution in [3.8, 4) is 0 Å². The third kappa shape index (κ3) is 5.91. The molecule has 1 N–H and O–H groups in total. The lowest BCUT2D eigenvalue weighted by molar-refractivity contribution is -0.128. The predicted octanol–water partition coefficient (Wildman–Crippen LogP) is 3.47. The lowest BCUT2D eigenvalue weighted by atomic mass is 10.1. The minimum atomic E-state index is -0.112. The number of hydrogen-bond acceptors (Lipinski definition) is 2. The van der Waals surface area contributed by atoms with Crippen molar-refractivity contribution < 1.29 is 9.59 Å². The van der Waals surface area contributed by atoms with Gasteiger partial charge in [-0.1, -0.05) is 41.9 Å². The fourth-order valence-electron chi connectivity index (χ4n) is 2.57. The first kappa shape index (κ1) is 19.0. The largest absolute Gasteiger partial charge is 0.350 e. The zero-order valence-corrected chi connectivity index (χ0v) is 15.3. The summed E-state index contributed by atoms with van der Waals surface area (Å²) in [4.78, 5) is 25.8. The van der Waals surface area contributed by atoms with E-state index >= 15 is 0 Å². The van der Waals surface area contributed by atoms with Crippen molar-refractivity contribution in [3.63, 3.8) is 0 Å². The molecule has 0 aliphatic rings. The van der Waals surface area contributed by atoms with Gasteiger partial charge < -0.3 is 10.2 Å². The van der Waals surface area contributed by atoms with Gasteiger partial charge in [-0.15, -0.1) is 0 Å². The molecule has 0 unspecified atom stereocenters. The van der Waals surface area contributed by atoms with Crippen LogP contribution in [0.25, 0.3) is 0 Å². The summed E-state index contributed by atoms with van der Waals surface area (Å²) in [7, 11) is 0. The van der Waals surface area contributed by atoms with Crippen LogP contribution in [0.5, 0.6) is 0 Å². The van der Waals surface area contributed by atoms with E-state index in [9.17, 15) is 9.59 Å². The zero-order chi connectivity index (χ0) is 18.2. The van der Waals surface area contributed by atoms with E-state index in [4.69, 9.17) is 11.6 Å². The van der Waals surface area contributed by atoms with E-state index in [1.807, 2.05) is 49.4 Å². The molecule has 4 nitrogen and oxygen atoms in total. The van der Waals surface area contributed by atoms with Gasteiger partial charge in [0, 0.05) is 37.1 Å². The summed E-state index contributed by atoms with van der Waals surface area (Å²) >= 11 is 5.88. The van der Waals surface area contributed by atoms with E-state index < -0.39 is 0 Å². The normalized spacial score (nSPS) is 10.4. The average molecular weight is 359 g/mol. The Morgan fingerprint density at radius 2 is 1.72 bits per heavy atom. The number of aryl methyl sites for hydroxylation is 1. The number of carbonyl (C=O) groups excluding carboxylic acids is 2. The van der Waals surface area contributed by atoms with Crippen molar-refractivity contribution in [2.75, 3.05) is 19.6 Å². The molecule has 0 saturated heterocycles. The molecule has 0 fully saturated rings. The number of amides is 2. The van der Waals surface area contributed by atoms with Crippen LogP contribution in [0.4, 0.5) is 0 Å². The number of nitrogens with zero attached hydrogens (tertiary/aromatic N) is 1. The lowest BCUT2D eigenvalue weighted by Gasteiger charge is -2.21. The van der Waals surface area contributed by atoms with Crippen LogP contribution >= 0.6 is 11.6 Å². The van der Waals surface area contributed by atoms with Crippen LogP contribution in [0.2, 0.25) is 5.02 Å². The van der Waals surface area contributed by atoms with Gasteiger partial charge in [-0.3, -0.25) is 9.59 Å². The van der Waals surface area contributed by atoms with Gasteiger partial charge in [-0.25, -0.2) is 0 Å². The Balaban J connectivity index is 1.83. The smallest absolute Gasteiger partial charge is 0.251 e. The van der Waals surface area contributed by atoms with Gasteiger partial charge in [0.05, 0.1) is 0 Å². The Morgan fingerprint density at radius 1 is 1.04 bits per heavy atom. The highest BCUT2D eigenvalue weighted by Crippen LogP contribution is 2.10. The number of carbonyl (C=O) groups is 2. The highest BCUT2D eigenvalue weighted by atomic mass is 35.5. The summed E-state index contributed by atoms with van der Waals surface area (Å²) in [6.45, 7) is 4.97. The van der Waals surface area contributed by atoms with Crippen LogP contribution in [0.3, 0.4) is 0 Å². The number of benzene rings is 2. The number of halogens is 1. The quantitative estimate of drug-likeness (QED) is 0.823. The Labute approximate surface area is 153 Å². The number of rotatable bonds is 7. The average Bonchev–Trinajstić information content (AvgIpc) is 2.59. The first-order chi connectivity index (χ1) is 12.0. The van der Waals surface area contributed by atoms with E-state index in [1.165, 1.54) is 0 Å². The molecule has 5 heteroatoms. The fourth-order valence-corrected chi connectivity index (χ4v) is 2.70. The van der Waals surface area contributed by atoms with Crippen molar-refractivity contribution in [2.45, 2.75) is 20.3 Å². The van der Waals surface area contributed by atoms with Crippen molar-refractivity contribution in [1.29, 1.82) is 0 Å². The van der Waals surface area contributed by atoms with Crippen LogP contribution < -0.4 is 5.32 Å². The Hall–Kier alpha value is -2.33. The molecule has 0 aromatic heterocycles. The topological polar surface area (TPSA) is 49.4 Å². The summed E-state index contributed by atoms with van der Waals surface area (Å²) < 4.78 is 0. The lowest BCUT2D eigenvalue weighted by Crippen LogP contribution is -2.38. The van der Waals surface area contributed by atoms with Gasteiger partial charge in [0.2, 0.25) is 5.91 Å². The minimum absolute atomic E-state index is 0.000829. The van der Waals surface area contributed by atoms with Crippen LogP contribution in [0, 0.1) is 6.92 Å². The van der Waals surface area contributed by atoms with Gasteiger partial charge in [0.1, 0.15) is 0 Å². The van der Waals surface area contributed by atoms with E-state index in [0.717, 1.165) is 17.5 Å². The molecule has 2 aromatic rings. The highest BCUT2D eigenvalue weighted by Gasteiger charge is 2.11. The molecule has 0 heterocycles. The zero-order valence-electron chi connectivity index (χ0n) is 14.6. The first-order valence-corrected chi connectivity index (χ1v) is 8.69. The maximum atomic E-state index is 12.2. The molecule has 0 saturated carbocycles. The molecule has 0 aliphatic carbocycles. The van der Waals surface area contributed by atoms with Crippen LogP contribution in [-0.2, 0) is 11.2 Å². The van der Waals surface area contributed by atoms with Gasteiger partial charge in [0.25, 0.3) is 5.91 Å². The van der Waals surface area contributed by atoms with Gasteiger partial charge in [-0.2, -0.15) is 0 Å². The molecule has 0 aliphatic heterocycles. The summed E-state index contributed by atoms with van der Waals surface area (Å²) in [5.41, 5.74) is 2.73. The van der Waals surface area contributed by atoms with Crippen molar-refractivity contribution >= 4 is 23.4 Å². The monoisotopic (exact) mass is 358 g/mol. The van der Waals surface area contributed by atoms with E-state index in [2.05, 4.69) is 5.32 Å². The summed E-state index contributed by atoms with van der Waals surface area (Å²) in [6, 6.07) is 15.1. The van der Waals surface area contributed by atoms with Gasteiger partial charge in [-0.05, 0) is 42.7 Å². The Kier molecular flexibility index (Phi) is 7.02. The third-order valence-corrected chi connectivity index (χ3v) is 4.34. The molecule has 25 heavy (non-hydrogen) atoms. The summed E-state index contributed by atoms with van der Waals surface area (Å²) in [5, 5.41) is 3.58. The molecule has 2 aromatic carbocycles. The molecular formula is C20H23ClN2O2. The standard InChI is InChI=1S/C20H23ClN2O2/c1-15-5-3-4-6-19(15)20(25)22-12-14-23(16(2)24)13-11-17-7-9-18(21)10-8-17/h3-10H,11-14H2,1-2H3,(H,22,25). The number of hydrogen-bond donors (Lipinski definition) is 1. The van der Waals surface area contributed by atoms with Gasteiger partial charge in [0.15, 0.2) is 0 Å². The maximum absolute atomic E-state index is 12.2. The number of nitrogens with one attached hydrogen (secondary N) is 1. The molecule has 0 radical (unpaired) electrons. The maximum Gasteiger partial charge on any atom is 0.251 e. The van der Waals surface area contributed by atoms with Gasteiger partial charge >= 0.3 is 0 Å². The summed E-state index contributed by atoms with van der Waals surface area (Å²) in [5.74, 6) is -0.113. The molecule has 0 spiro atoms. The highest BCUT2D eigenvalue weighted by molar-refractivity contribution is 6.30. The van der Waals surface area contributed by atoms with E-state index in [1.54, 1.807) is 17.9 Å². The van der Waals surface area contributed by atoms with Crippen molar-refractivity contribution in [3.05, 3.63) is 70.2 Å². The predicted molar refractivity (Wildman–Crippen MR) is 101 cm³/mol. The van der Waals surface area contributed by atoms with Crippen LogP contribution in [0.15, 0.2) is 48.5 Å². The Bertz CT molecular complexity index is 729. The molecule has 2 amide bonds. The molecule has 0 atom stereocenters. The summed E-state index contributed by atoms with van der Waals surface area (Å²) in [6.07, 6.45) is 0.752. The minimum Gasteiger partial charge on any atom is -0.350 e. The van der Waals surface area contributed by atoms with E-state index in [-0.39, 0.29) is 11.8 Å². The molecular weight excluding hydrogens is 336 g/mol. The third-order valence-electron chi connectivity index (χ3n) is 4.09. The van der Waals surface area contributed by atoms with E-state index in [0.29, 0.717) is 30.2 Å². The SMILES string of the molecule is CC(=O)N(CCNC(=O)c1ccccc1C)CCc1ccc(Cl)cc1. The first-order valence-electron chi connectivity index (χ1n) is 8.31. The second-order valence-corrected chi connectivity index (χ2v) is 6.39. The van der Waals surface area contributed by atoms with Crippen LogP contribution in [0.1, 0.15) is 28.4 Å². The molecule has 0 bridgehead atoms. The molecule has 132 valence electrons. The van der Waals surface area contributed by atoms with Crippen molar-refractivity contribution in [2.24, 2.45) is 0 Å². The van der Waals surface area contributed by atoms with Crippen LogP contribution in [-0.4, -0.2) is 36.3 Å². The Morgan fingerprint density at radius 3 is 2.36 bits per heavy atom. The second kappa shape index (κ2) is 9.23. The van der Waals surface area contributed by atoms with Crippen molar-refractivity contribution in [1.82, 2.24) is 10.2 Å².